The van der Waals surface area contributed by atoms with E-state index in [4.69, 9.17) is 67.8 Å². The molecule has 4 aliphatic rings. The summed E-state index contributed by atoms with van der Waals surface area (Å²) >= 11 is 7.26. The van der Waals surface area contributed by atoms with Crippen molar-refractivity contribution in [2.45, 2.75) is 153 Å². The second kappa shape index (κ2) is 23.1. The molecule has 6 rings (SSSR count). The van der Waals surface area contributed by atoms with Crippen LogP contribution in [0, 0.1) is 23.7 Å². The number of ether oxygens (including phenoxy) is 10. The SMILES string of the molecule is COCOc1cc2cc(Cl)c1O[C@@H]1C#CC(O)[C@](O[Si](C)(C)C)(C#CC3=C[C@@H](OCOC)C[C@@]31O[Si](C)(C)C)[C@@H](OCc1ccc(OC)cc1)COC(=O)C[C@@H]2N(C(=O)OC(C)(C)C)C(=O)OC(C)(C)C. The third kappa shape index (κ3) is 15.2. The van der Waals surface area contributed by atoms with E-state index in [9.17, 15) is 19.5 Å². The number of rotatable bonds is 15. The van der Waals surface area contributed by atoms with E-state index in [1.807, 2.05) is 45.4 Å². The fourth-order valence-corrected chi connectivity index (χ4v) is 10.9. The van der Waals surface area contributed by atoms with Crippen molar-refractivity contribution in [3.63, 3.8) is 0 Å². The molecule has 0 aromatic heterocycles. The van der Waals surface area contributed by atoms with E-state index in [2.05, 4.69) is 23.7 Å². The molecule has 0 saturated carbocycles. The number of amides is 2. The van der Waals surface area contributed by atoms with Gasteiger partial charge in [0.15, 0.2) is 52.7 Å². The van der Waals surface area contributed by atoms with Gasteiger partial charge in [0.2, 0.25) is 0 Å². The summed E-state index contributed by atoms with van der Waals surface area (Å²) in [6, 6.07) is 8.51. The lowest BCUT2D eigenvalue weighted by Crippen LogP contribution is -2.59. The Kier molecular flexibility index (Phi) is 18.6. The van der Waals surface area contributed by atoms with E-state index in [-0.39, 0.29) is 48.7 Å². The molecule has 2 heterocycles. The zero-order chi connectivity index (χ0) is 52.7. The van der Waals surface area contributed by atoms with Crippen LogP contribution in [-0.2, 0) is 53.4 Å². The van der Waals surface area contributed by atoms with Gasteiger partial charge in [-0.2, -0.15) is 0 Å². The number of imide groups is 1. The fraction of sp³-hybridized carbons (Fsp3) is 0.588. The Balaban J connectivity index is 1.89. The van der Waals surface area contributed by atoms with Crippen molar-refractivity contribution in [1.29, 1.82) is 0 Å². The van der Waals surface area contributed by atoms with Crippen molar-refractivity contribution >= 4 is 46.4 Å². The van der Waals surface area contributed by atoms with Crippen molar-refractivity contribution < 1.29 is 75.7 Å². The first-order valence-electron chi connectivity index (χ1n) is 23.2. The second-order valence-electron chi connectivity index (χ2n) is 21.2. The van der Waals surface area contributed by atoms with Gasteiger partial charge in [-0.1, -0.05) is 47.4 Å². The van der Waals surface area contributed by atoms with Crippen LogP contribution in [-0.4, -0.2) is 133 Å². The molecule has 7 atom stereocenters. The van der Waals surface area contributed by atoms with Gasteiger partial charge in [0.1, 0.15) is 42.1 Å². The Bertz CT molecular complexity index is 2360. The molecule has 2 aromatic rings. The van der Waals surface area contributed by atoms with Crippen molar-refractivity contribution in [1.82, 2.24) is 4.90 Å². The average molecular weight is 1040 g/mol. The van der Waals surface area contributed by atoms with Crippen LogP contribution in [0.2, 0.25) is 44.3 Å². The Morgan fingerprint density at radius 3 is 2.06 bits per heavy atom. The normalized spacial score (nSPS) is 24.6. The van der Waals surface area contributed by atoms with Gasteiger partial charge in [0.25, 0.3) is 0 Å². The minimum atomic E-state index is -2.81. The number of hydrogen-bond donors (Lipinski definition) is 1. The summed E-state index contributed by atoms with van der Waals surface area (Å²) in [6.07, 6.45) is -6.06. The molecule has 0 radical (unpaired) electrons. The van der Waals surface area contributed by atoms with E-state index < -0.39 is 101 Å². The molecule has 71 heavy (non-hydrogen) atoms. The maximum atomic E-state index is 14.7. The minimum absolute atomic E-state index is 0.0382. The molecule has 2 aliphatic carbocycles. The molecule has 1 unspecified atom stereocenters. The van der Waals surface area contributed by atoms with Crippen LogP contribution in [0.15, 0.2) is 48.0 Å². The van der Waals surface area contributed by atoms with Crippen LogP contribution >= 0.6 is 11.6 Å². The van der Waals surface area contributed by atoms with Crippen LogP contribution in [0.5, 0.6) is 17.2 Å². The summed E-state index contributed by atoms with van der Waals surface area (Å²) in [5.74, 6) is 12.5. The van der Waals surface area contributed by atoms with E-state index in [1.165, 1.54) is 26.4 Å². The highest BCUT2D eigenvalue weighted by atomic mass is 35.5. The third-order valence-electron chi connectivity index (χ3n) is 10.6. The molecular formula is C51H70ClNO16Si2. The number of halogens is 1. The maximum Gasteiger partial charge on any atom is 0.420 e. The number of carbonyl (C=O) groups is 3. The summed E-state index contributed by atoms with van der Waals surface area (Å²) < 4.78 is 74.0. The van der Waals surface area contributed by atoms with Crippen molar-refractivity contribution in [2.24, 2.45) is 0 Å². The number of fused-ring (bicyclic) bond motifs is 8. The number of carbonyl (C=O) groups excluding carboxylic acids is 3. The lowest BCUT2D eigenvalue weighted by molar-refractivity contribution is -0.163. The van der Waals surface area contributed by atoms with E-state index >= 15 is 0 Å². The van der Waals surface area contributed by atoms with Crippen molar-refractivity contribution in [3.05, 3.63) is 64.2 Å². The average Bonchev–Trinajstić information content (AvgIpc) is 3.60. The maximum absolute atomic E-state index is 14.7. The van der Waals surface area contributed by atoms with Gasteiger partial charge in [0, 0.05) is 26.2 Å². The molecule has 17 nitrogen and oxygen atoms in total. The molecule has 2 aliphatic heterocycles. The zero-order valence-electron chi connectivity index (χ0n) is 43.6. The highest BCUT2D eigenvalue weighted by molar-refractivity contribution is 6.70. The Morgan fingerprint density at radius 1 is 0.873 bits per heavy atom. The Morgan fingerprint density at radius 2 is 1.49 bits per heavy atom. The van der Waals surface area contributed by atoms with Crippen LogP contribution in [0.4, 0.5) is 9.59 Å². The fourth-order valence-electron chi connectivity index (χ4n) is 7.95. The largest absolute Gasteiger partial charge is 0.497 e. The molecule has 0 spiro atoms. The molecule has 0 fully saturated rings. The van der Waals surface area contributed by atoms with Gasteiger partial charge in [-0.05, 0) is 122 Å². The number of nitrogens with zero attached hydrogens (tertiary/aromatic N) is 1. The number of hydrogen-bond acceptors (Lipinski definition) is 16. The summed E-state index contributed by atoms with van der Waals surface area (Å²) in [7, 11) is -0.970. The Labute approximate surface area is 425 Å². The predicted molar refractivity (Wildman–Crippen MR) is 268 cm³/mol. The van der Waals surface area contributed by atoms with Crippen LogP contribution in [0.3, 0.4) is 0 Å². The smallest absolute Gasteiger partial charge is 0.420 e. The Hall–Kier alpha value is -4.65. The summed E-state index contributed by atoms with van der Waals surface area (Å²) in [5.41, 5.74) is -4.52. The number of esters is 1. The standard InChI is InChI=1S/C51H70ClNO16Si2/c1-48(2,3)66-46(56)53(47(57)67-49(4,5)6)39-27-44(55)62-30-43(61-29-33-16-18-36(60-9)19-17-33)50(68-70(10,11)12)23-22-35-26-37(63-31-58-7)28-51(35,69-71(13,14)15)42(21-20-41(50)54)65-45-38(52)24-34(39)25-40(45)64-32-59-8/h16-19,24-26,37,39,41-43,54H,27-32H2,1-15H3/t37-,39+,41?,42-,43+,50-,51-/m1/s1. The van der Waals surface area contributed by atoms with Gasteiger partial charge in [-0.15, -0.1) is 0 Å². The molecule has 20 heteroatoms. The molecule has 1 N–H and O–H groups in total. The summed E-state index contributed by atoms with van der Waals surface area (Å²) in [4.78, 5) is 44.1. The molecule has 390 valence electrons. The summed E-state index contributed by atoms with van der Waals surface area (Å²) in [5, 5.41) is 12.6. The van der Waals surface area contributed by atoms with Gasteiger partial charge >= 0.3 is 18.2 Å². The van der Waals surface area contributed by atoms with E-state index in [1.54, 1.807) is 72.9 Å². The van der Waals surface area contributed by atoms with Crippen LogP contribution in [0.1, 0.15) is 71.6 Å². The van der Waals surface area contributed by atoms with Crippen LogP contribution < -0.4 is 14.2 Å². The van der Waals surface area contributed by atoms with Gasteiger partial charge in [-0.3, -0.25) is 4.79 Å². The highest BCUT2D eigenvalue weighted by Crippen LogP contribution is 2.47. The van der Waals surface area contributed by atoms with Gasteiger partial charge < -0.3 is 61.3 Å². The van der Waals surface area contributed by atoms with Crippen molar-refractivity contribution in [3.8, 4) is 40.9 Å². The van der Waals surface area contributed by atoms with Crippen molar-refractivity contribution in [2.75, 3.05) is 41.5 Å². The topological polar surface area (TPSA) is 185 Å². The number of aliphatic hydroxyl groups is 1. The monoisotopic (exact) mass is 1040 g/mol. The predicted octanol–water partition coefficient (Wildman–Crippen LogP) is 8.71. The lowest BCUT2D eigenvalue weighted by Gasteiger charge is -2.42. The number of benzene rings is 2. The molecule has 2 aromatic carbocycles. The first kappa shape index (κ1) is 57.3. The molecule has 0 saturated heterocycles. The zero-order valence-corrected chi connectivity index (χ0v) is 46.3. The third-order valence-corrected chi connectivity index (χ3v) is 12.8. The summed E-state index contributed by atoms with van der Waals surface area (Å²) in [6.45, 7) is 20.5. The van der Waals surface area contributed by atoms with Crippen LogP contribution in [0.25, 0.3) is 0 Å². The second-order valence-corrected chi connectivity index (χ2v) is 30.5. The number of methoxy groups -OCH3 is 3. The van der Waals surface area contributed by atoms with E-state index in [0.29, 0.717) is 21.8 Å². The first-order chi connectivity index (χ1) is 33.0. The molecule has 4 bridgehead atoms. The first-order valence-corrected chi connectivity index (χ1v) is 30.4. The minimum Gasteiger partial charge on any atom is -0.497 e. The quantitative estimate of drug-likeness (QED) is 0.0587. The molecule has 2 amide bonds. The molecular weight excluding hydrogens is 974 g/mol. The lowest BCUT2D eigenvalue weighted by atomic mass is 9.88. The van der Waals surface area contributed by atoms with Gasteiger partial charge in [-0.25, -0.2) is 14.5 Å². The number of aliphatic hydroxyl groups excluding tert-OH is 1. The highest BCUT2D eigenvalue weighted by Gasteiger charge is 2.55. The van der Waals surface area contributed by atoms with E-state index in [0.717, 1.165) is 0 Å². The van der Waals surface area contributed by atoms with Gasteiger partial charge in [0.05, 0.1) is 37.3 Å².